The molecule has 0 N–H and O–H groups in total. The number of hydrogen-bond acceptors (Lipinski definition) is 10. The Labute approximate surface area is 305 Å². The molecule has 0 radical (unpaired) electrons. The lowest BCUT2D eigenvalue weighted by Gasteiger charge is -2.31. The zero-order valence-corrected chi connectivity index (χ0v) is 29.0. The molecular weight excluding hydrogens is 790 g/mol. The van der Waals surface area contributed by atoms with Crippen LogP contribution in [-0.4, -0.2) is 49.1 Å². The van der Waals surface area contributed by atoms with E-state index in [2.05, 4.69) is 0 Å². The van der Waals surface area contributed by atoms with Crippen LogP contribution in [0.1, 0.15) is 98.0 Å². The van der Waals surface area contributed by atoms with E-state index in [1.807, 2.05) is 0 Å². The number of rotatable bonds is 9. The molecule has 0 spiro atoms. The van der Waals surface area contributed by atoms with Crippen LogP contribution in [0.15, 0.2) is 24.3 Å². The van der Waals surface area contributed by atoms with Crippen LogP contribution in [0.25, 0.3) is 29.6 Å². The van der Waals surface area contributed by atoms with E-state index >= 15 is 0 Å². The maximum atomic E-state index is 13.0. The molecule has 2 aliphatic rings. The van der Waals surface area contributed by atoms with Crippen molar-refractivity contribution in [2.45, 2.75) is 94.3 Å². The van der Waals surface area contributed by atoms with Crippen molar-refractivity contribution in [2.75, 3.05) is 6.67 Å². The first-order chi connectivity index (χ1) is 25.2. The first-order valence-corrected chi connectivity index (χ1v) is 17.8. The second-order valence-corrected chi connectivity index (χ2v) is 14.8. The Morgan fingerprint density at radius 2 is 0.815 bits per heavy atom. The van der Waals surface area contributed by atoms with Crippen molar-refractivity contribution in [1.29, 1.82) is 0 Å². The normalized spacial score (nSPS) is 20.4. The number of carbonyl (C=O) groups is 4. The molecule has 54 heavy (non-hydrogen) atoms. The van der Waals surface area contributed by atoms with Crippen molar-refractivity contribution in [2.24, 2.45) is 0 Å². The number of alkyl halides is 10. The van der Waals surface area contributed by atoms with Gasteiger partial charge in [0.05, 0.1) is 22.5 Å². The monoisotopic (exact) mass is 816 g/mol. The molecular formula is C34H26F10O8S2. The molecule has 20 heteroatoms. The number of hydrogen-bond donors (Lipinski definition) is 0. The summed E-state index contributed by atoms with van der Waals surface area (Å²) in [6.45, 7) is -1.00. The Bertz CT molecular complexity index is 2120. The lowest BCUT2D eigenvalue weighted by atomic mass is 9.86. The summed E-state index contributed by atoms with van der Waals surface area (Å²) in [5.74, 6) is -5.58. The van der Waals surface area contributed by atoms with Crippen LogP contribution in [-0.2, 0) is 38.1 Å². The highest BCUT2D eigenvalue weighted by atomic mass is 32.1. The van der Waals surface area contributed by atoms with E-state index in [1.54, 1.807) is 12.1 Å². The van der Waals surface area contributed by atoms with E-state index in [0.29, 0.717) is 35.1 Å². The molecule has 6 rings (SSSR count). The number of thiophene rings is 2. The van der Waals surface area contributed by atoms with Gasteiger partial charge in [0.1, 0.15) is 43.7 Å². The fourth-order valence-electron chi connectivity index (χ4n) is 6.63. The van der Waals surface area contributed by atoms with E-state index in [9.17, 15) is 63.1 Å². The van der Waals surface area contributed by atoms with Gasteiger partial charge < -0.3 is 18.9 Å². The van der Waals surface area contributed by atoms with Crippen LogP contribution in [0, 0.1) is 0 Å². The first-order valence-electron chi connectivity index (χ1n) is 16.2. The van der Waals surface area contributed by atoms with Gasteiger partial charge in [-0.05, 0) is 49.9 Å². The largest absolute Gasteiger partial charge is 0.457 e. The minimum Gasteiger partial charge on any atom is -0.457 e. The summed E-state index contributed by atoms with van der Waals surface area (Å²) in [4.78, 5) is 48.9. The molecule has 292 valence electrons. The zero-order valence-electron chi connectivity index (χ0n) is 27.3. The third-order valence-electron chi connectivity index (χ3n) is 8.69. The van der Waals surface area contributed by atoms with Crippen molar-refractivity contribution in [3.63, 3.8) is 0 Å². The summed E-state index contributed by atoms with van der Waals surface area (Å²) in [6.07, 6.45) is -25.8. The van der Waals surface area contributed by atoms with Crippen molar-refractivity contribution >= 4 is 76.1 Å². The molecule has 4 aromatic rings. The average Bonchev–Trinajstić information content (AvgIpc) is 3.54. The SMILES string of the molecule is O=C(CCF)OC1CCC(OC(=O)CC(F)(F)F)c2cc3sc4c5cc6c(cc5sc4c3cc21)C(OC(=O)CC(F)(F)F)CCC6OC(=O)CC(F)(F)F. The summed E-state index contributed by atoms with van der Waals surface area (Å²) >= 11 is 2.36. The van der Waals surface area contributed by atoms with Crippen molar-refractivity contribution in [1.82, 2.24) is 0 Å². The number of benzene rings is 2. The predicted octanol–water partition coefficient (Wildman–Crippen LogP) is 10.4. The van der Waals surface area contributed by atoms with Gasteiger partial charge in [-0.3, -0.25) is 23.6 Å². The van der Waals surface area contributed by atoms with Gasteiger partial charge in [0.15, 0.2) is 0 Å². The maximum absolute atomic E-state index is 13.0. The van der Waals surface area contributed by atoms with Crippen LogP contribution in [0.2, 0.25) is 0 Å². The first kappa shape index (κ1) is 39.5. The summed E-state index contributed by atoms with van der Waals surface area (Å²) in [5, 5.41) is 1.05. The minimum absolute atomic E-state index is 0.0202. The van der Waals surface area contributed by atoms with Gasteiger partial charge in [0.25, 0.3) is 0 Å². The molecule has 4 unspecified atom stereocenters. The van der Waals surface area contributed by atoms with Gasteiger partial charge >= 0.3 is 42.4 Å². The number of halogens is 10. The maximum Gasteiger partial charge on any atom is 0.399 e. The molecule has 0 fully saturated rings. The summed E-state index contributed by atoms with van der Waals surface area (Å²) in [6, 6.07) is 6.18. The Kier molecular flexibility index (Phi) is 10.8. The number of fused-ring (bicyclic) bond motifs is 7. The molecule has 0 saturated carbocycles. The second-order valence-electron chi connectivity index (χ2n) is 12.7. The summed E-state index contributed by atoms with van der Waals surface area (Å²) < 4.78 is 153. The third kappa shape index (κ3) is 9.01. The van der Waals surface area contributed by atoms with Crippen LogP contribution in [0.5, 0.6) is 0 Å². The van der Waals surface area contributed by atoms with Crippen molar-refractivity contribution in [3.8, 4) is 0 Å². The topological polar surface area (TPSA) is 105 Å². The molecule has 8 nitrogen and oxygen atoms in total. The number of carbonyl (C=O) groups excluding carboxylic acids is 4. The Morgan fingerprint density at radius 1 is 0.519 bits per heavy atom. The van der Waals surface area contributed by atoms with Crippen LogP contribution in [0.3, 0.4) is 0 Å². The van der Waals surface area contributed by atoms with Crippen LogP contribution >= 0.6 is 22.7 Å². The van der Waals surface area contributed by atoms with Crippen molar-refractivity contribution < 1.29 is 82.0 Å². The molecule has 0 amide bonds. The Morgan fingerprint density at radius 3 is 1.11 bits per heavy atom. The van der Waals surface area contributed by atoms with Gasteiger partial charge in [-0.25, -0.2) is 0 Å². The lowest BCUT2D eigenvalue weighted by Crippen LogP contribution is -2.25. The van der Waals surface area contributed by atoms with Gasteiger partial charge in [0, 0.05) is 42.4 Å². The standard InChI is InChI=1S/C34H26F10O8S2/c35-6-5-26(45)49-20-1-3-22(51-28(47)12-33(39,40)41)16-9-24-18(7-14(16)20)30-31(53-24)19-8-15-17(10-25(19)54-30)23(52-29(48)13-34(42,43)44)4-2-21(15)50-27(46)11-32(36,37)38/h7-10,20-23H,1-6,11-13H2. The fourth-order valence-corrected chi connectivity index (χ4v) is 9.33. The molecule has 2 aromatic carbocycles. The predicted molar refractivity (Wildman–Crippen MR) is 171 cm³/mol. The van der Waals surface area contributed by atoms with Crippen LogP contribution < -0.4 is 0 Å². The highest BCUT2D eigenvalue weighted by molar-refractivity contribution is 7.36. The number of esters is 4. The van der Waals surface area contributed by atoms with Gasteiger partial charge in [-0.15, -0.1) is 22.7 Å². The van der Waals surface area contributed by atoms with Gasteiger partial charge in [-0.1, -0.05) is 0 Å². The zero-order chi connectivity index (χ0) is 39.3. The van der Waals surface area contributed by atoms with Gasteiger partial charge in [0.2, 0.25) is 0 Å². The average molecular weight is 817 g/mol. The van der Waals surface area contributed by atoms with E-state index < -0.39 is 99.2 Å². The lowest BCUT2D eigenvalue weighted by molar-refractivity contribution is -0.181. The molecule has 0 aliphatic heterocycles. The Hall–Kier alpha value is -4.20. The summed E-state index contributed by atoms with van der Waals surface area (Å²) in [7, 11) is 0. The third-order valence-corrected chi connectivity index (χ3v) is 11.2. The van der Waals surface area contributed by atoms with Gasteiger partial charge in [-0.2, -0.15) is 39.5 Å². The van der Waals surface area contributed by atoms with E-state index in [1.165, 1.54) is 34.8 Å². The molecule has 0 bridgehead atoms. The highest BCUT2D eigenvalue weighted by Gasteiger charge is 2.40. The highest BCUT2D eigenvalue weighted by Crippen LogP contribution is 2.51. The van der Waals surface area contributed by atoms with Crippen LogP contribution in [0.4, 0.5) is 43.9 Å². The number of ether oxygens (including phenoxy) is 4. The molecule has 4 atom stereocenters. The quantitative estimate of drug-likeness (QED) is 0.0934. The Balaban J connectivity index is 1.45. The van der Waals surface area contributed by atoms with E-state index in [0.717, 1.165) is 0 Å². The minimum atomic E-state index is -4.88. The molecule has 0 saturated heterocycles. The molecule has 2 heterocycles. The van der Waals surface area contributed by atoms with Crippen molar-refractivity contribution in [3.05, 3.63) is 46.5 Å². The van der Waals surface area contributed by atoms with E-state index in [4.69, 9.17) is 18.9 Å². The summed E-state index contributed by atoms with van der Waals surface area (Å²) in [5.41, 5.74) is 0.809. The van der Waals surface area contributed by atoms with E-state index in [-0.39, 0.29) is 42.4 Å². The molecule has 2 aromatic heterocycles. The fraction of sp³-hybridized carbons (Fsp3) is 0.471. The molecule has 2 aliphatic carbocycles. The smallest absolute Gasteiger partial charge is 0.399 e. The second kappa shape index (κ2) is 14.8.